The fourth-order valence-electron chi connectivity index (χ4n) is 1.28. The number of carbonyl (C=O) groups excluding carboxylic acids is 1. The number of hydrogen-bond donors (Lipinski definition) is 0. The van der Waals surface area contributed by atoms with Crippen molar-refractivity contribution in [3.8, 4) is 0 Å². The first-order valence-corrected chi connectivity index (χ1v) is 4.51. The largest absolute Gasteiger partial charge is 0.288 e. The smallest absolute Gasteiger partial charge is 0.196 e. The minimum absolute atomic E-state index is 0.0736. The Morgan fingerprint density at radius 3 is 2.67 bits per heavy atom. The summed E-state index contributed by atoms with van der Waals surface area (Å²) in [4.78, 5) is 15.9. The van der Waals surface area contributed by atoms with E-state index in [2.05, 4.69) is 15.2 Å². The minimum Gasteiger partial charge on any atom is -0.288 e. The first-order chi connectivity index (χ1) is 7.29. The summed E-state index contributed by atoms with van der Waals surface area (Å²) in [5, 5.41) is 7.30. The van der Waals surface area contributed by atoms with Crippen molar-refractivity contribution in [1.29, 1.82) is 0 Å². The molecular formula is C11H9N3O. The Kier molecular flexibility index (Phi) is 2.49. The summed E-state index contributed by atoms with van der Waals surface area (Å²) in [7, 11) is 0. The molecule has 2 rings (SSSR count). The standard InChI is InChI=1S/C11H9N3O/c1-8-2-4-12-7-10(8)11(15)9-3-5-13-14-6-9/h2-7H,1H3. The van der Waals surface area contributed by atoms with Crippen LogP contribution in [0.1, 0.15) is 21.5 Å². The zero-order valence-electron chi connectivity index (χ0n) is 8.21. The van der Waals surface area contributed by atoms with Gasteiger partial charge in [-0.3, -0.25) is 9.78 Å². The van der Waals surface area contributed by atoms with Gasteiger partial charge in [-0.05, 0) is 24.6 Å². The van der Waals surface area contributed by atoms with Crippen LogP contribution in [-0.4, -0.2) is 21.0 Å². The van der Waals surface area contributed by atoms with Gasteiger partial charge in [0, 0.05) is 23.5 Å². The van der Waals surface area contributed by atoms with Crippen LogP contribution in [0.3, 0.4) is 0 Å². The van der Waals surface area contributed by atoms with Crippen molar-refractivity contribution in [2.24, 2.45) is 0 Å². The van der Waals surface area contributed by atoms with E-state index < -0.39 is 0 Å². The molecule has 0 aromatic carbocycles. The SMILES string of the molecule is Cc1ccncc1C(=O)c1ccnnc1. The number of ketones is 1. The van der Waals surface area contributed by atoms with E-state index in [0.717, 1.165) is 5.56 Å². The lowest BCUT2D eigenvalue weighted by atomic mass is 10.0. The van der Waals surface area contributed by atoms with Crippen LogP contribution in [0.4, 0.5) is 0 Å². The average molecular weight is 199 g/mol. The van der Waals surface area contributed by atoms with Gasteiger partial charge in [0.2, 0.25) is 0 Å². The molecule has 74 valence electrons. The second-order valence-corrected chi connectivity index (χ2v) is 3.15. The molecule has 0 radical (unpaired) electrons. The molecule has 0 atom stereocenters. The third-order valence-electron chi connectivity index (χ3n) is 2.13. The van der Waals surface area contributed by atoms with E-state index >= 15 is 0 Å². The first kappa shape index (κ1) is 9.45. The fraction of sp³-hybridized carbons (Fsp3) is 0.0909. The van der Waals surface area contributed by atoms with Crippen LogP contribution in [0.5, 0.6) is 0 Å². The van der Waals surface area contributed by atoms with E-state index in [4.69, 9.17) is 0 Å². The Labute approximate surface area is 87.0 Å². The van der Waals surface area contributed by atoms with Crippen molar-refractivity contribution >= 4 is 5.78 Å². The lowest BCUT2D eigenvalue weighted by Gasteiger charge is -2.02. The number of hydrogen-bond acceptors (Lipinski definition) is 4. The summed E-state index contributed by atoms with van der Waals surface area (Å²) in [5.41, 5.74) is 2.04. The van der Waals surface area contributed by atoms with Crippen LogP contribution < -0.4 is 0 Å². The predicted octanol–water partition coefficient (Wildman–Crippen LogP) is 1.41. The highest BCUT2D eigenvalue weighted by atomic mass is 16.1. The van der Waals surface area contributed by atoms with E-state index in [1.807, 2.05) is 13.0 Å². The number of nitrogens with zero attached hydrogens (tertiary/aromatic N) is 3. The maximum absolute atomic E-state index is 12.0. The zero-order valence-corrected chi connectivity index (χ0v) is 8.21. The van der Waals surface area contributed by atoms with Crippen LogP contribution >= 0.6 is 0 Å². The molecule has 2 heterocycles. The van der Waals surface area contributed by atoms with Crippen LogP contribution in [0, 0.1) is 6.92 Å². The molecule has 0 fully saturated rings. The number of aromatic nitrogens is 3. The molecular weight excluding hydrogens is 190 g/mol. The van der Waals surface area contributed by atoms with Gasteiger partial charge < -0.3 is 0 Å². The maximum Gasteiger partial charge on any atom is 0.196 e. The molecule has 0 aliphatic heterocycles. The van der Waals surface area contributed by atoms with Crippen LogP contribution in [0.15, 0.2) is 36.9 Å². The highest BCUT2D eigenvalue weighted by molar-refractivity contribution is 6.09. The van der Waals surface area contributed by atoms with Gasteiger partial charge in [0.15, 0.2) is 5.78 Å². The Morgan fingerprint density at radius 2 is 2.00 bits per heavy atom. The summed E-state index contributed by atoms with van der Waals surface area (Å²) in [6, 6.07) is 3.45. The van der Waals surface area contributed by atoms with Crippen molar-refractivity contribution < 1.29 is 4.79 Å². The van der Waals surface area contributed by atoms with Crippen molar-refractivity contribution in [1.82, 2.24) is 15.2 Å². The van der Waals surface area contributed by atoms with E-state index in [1.165, 1.54) is 12.4 Å². The van der Waals surface area contributed by atoms with Crippen molar-refractivity contribution in [2.45, 2.75) is 6.92 Å². The number of pyridine rings is 1. The summed E-state index contributed by atoms with van der Waals surface area (Å²) in [5.74, 6) is -0.0736. The molecule has 0 saturated heterocycles. The molecule has 2 aromatic rings. The molecule has 2 aromatic heterocycles. The Bertz CT molecular complexity index is 482. The third-order valence-corrected chi connectivity index (χ3v) is 2.13. The van der Waals surface area contributed by atoms with Crippen molar-refractivity contribution in [3.63, 3.8) is 0 Å². The maximum atomic E-state index is 12.0. The molecule has 0 aliphatic carbocycles. The van der Waals surface area contributed by atoms with Gasteiger partial charge in [0.1, 0.15) is 0 Å². The molecule has 4 nitrogen and oxygen atoms in total. The Hall–Kier alpha value is -2.10. The number of aryl methyl sites for hydroxylation is 1. The van der Waals surface area contributed by atoms with Crippen molar-refractivity contribution in [2.75, 3.05) is 0 Å². The predicted molar refractivity (Wildman–Crippen MR) is 54.4 cm³/mol. The van der Waals surface area contributed by atoms with E-state index in [0.29, 0.717) is 11.1 Å². The van der Waals surface area contributed by atoms with E-state index in [9.17, 15) is 4.79 Å². The number of rotatable bonds is 2. The highest BCUT2D eigenvalue weighted by Gasteiger charge is 2.11. The minimum atomic E-state index is -0.0736. The van der Waals surface area contributed by atoms with E-state index in [1.54, 1.807) is 18.5 Å². The van der Waals surface area contributed by atoms with Crippen LogP contribution in [0.2, 0.25) is 0 Å². The molecule has 15 heavy (non-hydrogen) atoms. The lowest BCUT2D eigenvalue weighted by molar-refractivity contribution is 0.103. The number of carbonyl (C=O) groups is 1. The van der Waals surface area contributed by atoms with Gasteiger partial charge in [-0.25, -0.2) is 0 Å². The molecule has 0 N–H and O–H groups in total. The van der Waals surface area contributed by atoms with Gasteiger partial charge in [-0.1, -0.05) is 0 Å². The second kappa shape index (κ2) is 3.96. The molecule has 0 aliphatic rings. The lowest BCUT2D eigenvalue weighted by Crippen LogP contribution is -2.04. The molecule has 0 unspecified atom stereocenters. The molecule has 0 spiro atoms. The Balaban J connectivity index is 2.42. The summed E-state index contributed by atoms with van der Waals surface area (Å²) in [6.45, 7) is 1.88. The highest BCUT2D eigenvalue weighted by Crippen LogP contribution is 2.10. The van der Waals surface area contributed by atoms with Crippen LogP contribution in [-0.2, 0) is 0 Å². The molecule has 0 saturated carbocycles. The van der Waals surface area contributed by atoms with Gasteiger partial charge >= 0.3 is 0 Å². The van der Waals surface area contributed by atoms with Crippen LogP contribution in [0.25, 0.3) is 0 Å². The molecule has 0 amide bonds. The Morgan fingerprint density at radius 1 is 1.13 bits per heavy atom. The normalized spacial score (nSPS) is 9.93. The fourth-order valence-corrected chi connectivity index (χ4v) is 1.28. The van der Waals surface area contributed by atoms with E-state index in [-0.39, 0.29) is 5.78 Å². The topological polar surface area (TPSA) is 55.7 Å². The summed E-state index contributed by atoms with van der Waals surface area (Å²) >= 11 is 0. The molecule has 4 heteroatoms. The van der Waals surface area contributed by atoms with Gasteiger partial charge in [-0.2, -0.15) is 10.2 Å². The van der Waals surface area contributed by atoms with Gasteiger partial charge in [0.05, 0.1) is 12.4 Å². The van der Waals surface area contributed by atoms with Crippen molar-refractivity contribution in [3.05, 3.63) is 53.6 Å². The summed E-state index contributed by atoms with van der Waals surface area (Å²) < 4.78 is 0. The zero-order chi connectivity index (χ0) is 10.7. The van der Waals surface area contributed by atoms with Gasteiger partial charge in [-0.15, -0.1) is 0 Å². The molecule has 0 bridgehead atoms. The average Bonchev–Trinajstić information content (AvgIpc) is 2.30. The second-order valence-electron chi connectivity index (χ2n) is 3.15. The third kappa shape index (κ3) is 1.88. The quantitative estimate of drug-likeness (QED) is 0.686. The first-order valence-electron chi connectivity index (χ1n) is 4.51. The van der Waals surface area contributed by atoms with Gasteiger partial charge in [0.25, 0.3) is 0 Å². The summed E-state index contributed by atoms with van der Waals surface area (Å²) in [6.07, 6.45) is 6.18. The monoisotopic (exact) mass is 199 g/mol.